The van der Waals surface area contributed by atoms with Crippen molar-refractivity contribution in [2.75, 3.05) is 11.9 Å². The molecule has 2 saturated carbocycles. The number of hydrogen-bond acceptors (Lipinski definition) is 4. The van der Waals surface area contributed by atoms with Crippen LogP contribution in [0, 0.1) is 5.92 Å². The van der Waals surface area contributed by atoms with Gasteiger partial charge in [-0.1, -0.05) is 19.3 Å². The highest BCUT2D eigenvalue weighted by atomic mass is 16.5. The van der Waals surface area contributed by atoms with Gasteiger partial charge in [0, 0.05) is 30.7 Å². The van der Waals surface area contributed by atoms with E-state index in [1.54, 1.807) is 18.5 Å². The zero-order valence-electron chi connectivity index (χ0n) is 15.5. The lowest BCUT2D eigenvalue weighted by Crippen LogP contribution is -2.40. The molecule has 2 aliphatic carbocycles. The summed E-state index contributed by atoms with van der Waals surface area (Å²) in [4.78, 5) is 22.9. The maximum Gasteiger partial charge on any atom is 0.322 e. The van der Waals surface area contributed by atoms with Gasteiger partial charge in [-0.3, -0.25) is 0 Å². The van der Waals surface area contributed by atoms with Crippen LogP contribution in [0.3, 0.4) is 0 Å². The summed E-state index contributed by atoms with van der Waals surface area (Å²) in [6, 6.07) is 9.81. The highest BCUT2D eigenvalue weighted by molar-refractivity contribution is 5.89. The third kappa shape index (κ3) is 4.96. The van der Waals surface area contributed by atoms with Gasteiger partial charge in [0.15, 0.2) is 0 Å². The van der Waals surface area contributed by atoms with Gasteiger partial charge in [0.05, 0.1) is 0 Å². The molecular formula is C21H26N4O2. The van der Waals surface area contributed by atoms with E-state index in [1.165, 1.54) is 32.1 Å². The lowest BCUT2D eigenvalue weighted by Gasteiger charge is -2.30. The molecule has 1 N–H and O–H groups in total. The molecule has 0 atom stereocenters. The Kier molecular flexibility index (Phi) is 5.51. The van der Waals surface area contributed by atoms with Gasteiger partial charge < -0.3 is 15.0 Å². The van der Waals surface area contributed by atoms with Crippen LogP contribution in [0.15, 0.2) is 42.7 Å². The number of amides is 2. The second-order valence-corrected chi connectivity index (χ2v) is 7.48. The number of urea groups is 1. The van der Waals surface area contributed by atoms with Crippen molar-refractivity contribution in [3.63, 3.8) is 0 Å². The van der Waals surface area contributed by atoms with Crippen LogP contribution in [0.4, 0.5) is 10.5 Å². The number of aromatic nitrogens is 2. The molecule has 27 heavy (non-hydrogen) atoms. The van der Waals surface area contributed by atoms with Gasteiger partial charge >= 0.3 is 12.0 Å². The smallest absolute Gasteiger partial charge is 0.322 e. The van der Waals surface area contributed by atoms with E-state index in [9.17, 15) is 4.79 Å². The summed E-state index contributed by atoms with van der Waals surface area (Å²) in [5, 5.41) is 3.04. The number of nitrogens with zero attached hydrogens (tertiary/aromatic N) is 3. The molecule has 0 radical (unpaired) electrons. The number of ether oxygens (including phenoxy) is 1. The maximum atomic E-state index is 12.8. The lowest BCUT2D eigenvalue weighted by molar-refractivity contribution is 0.186. The molecule has 1 aromatic carbocycles. The van der Waals surface area contributed by atoms with E-state index >= 15 is 0 Å². The van der Waals surface area contributed by atoms with Crippen LogP contribution in [0.2, 0.25) is 0 Å². The van der Waals surface area contributed by atoms with Crippen LogP contribution in [-0.4, -0.2) is 33.5 Å². The minimum atomic E-state index is 0.0168. The van der Waals surface area contributed by atoms with Crippen molar-refractivity contribution in [3.8, 4) is 11.8 Å². The predicted octanol–water partition coefficient (Wildman–Crippen LogP) is 4.85. The quantitative estimate of drug-likeness (QED) is 0.794. The molecule has 6 nitrogen and oxygen atoms in total. The third-order valence-electron chi connectivity index (χ3n) is 5.28. The summed E-state index contributed by atoms with van der Waals surface area (Å²) in [5.74, 6) is 1.30. The maximum absolute atomic E-state index is 12.8. The Bertz CT molecular complexity index is 741. The van der Waals surface area contributed by atoms with Gasteiger partial charge in [-0.2, -0.15) is 0 Å². The van der Waals surface area contributed by atoms with E-state index in [4.69, 9.17) is 4.74 Å². The third-order valence-corrected chi connectivity index (χ3v) is 5.28. The Morgan fingerprint density at radius 3 is 2.41 bits per heavy atom. The van der Waals surface area contributed by atoms with Crippen molar-refractivity contribution in [3.05, 3.63) is 42.7 Å². The first-order valence-corrected chi connectivity index (χ1v) is 9.90. The highest BCUT2D eigenvalue weighted by Gasteiger charge is 2.34. The second kappa shape index (κ2) is 8.37. The summed E-state index contributed by atoms with van der Waals surface area (Å²) in [5.41, 5.74) is 0.774. The van der Waals surface area contributed by atoms with Crippen LogP contribution in [-0.2, 0) is 0 Å². The lowest BCUT2D eigenvalue weighted by atomic mass is 9.89. The number of rotatable bonds is 6. The molecule has 0 spiro atoms. The highest BCUT2D eigenvalue weighted by Crippen LogP contribution is 2.32. The van der Waals surface area contributed by atoms with Crippen LogP contribution in [0.25, 0.3) is 0 Å². The summed E-state index contributed by atoms with van der Waals surface area (Å²) < 4.78 is 5.59. The molecule has 1 heterocycles. The number of benzene rings is 1. The molecule has 6 heteroatoms. The Labute approximate surface area is 160 Å². The van der Waals surface area contributed by atoms with Gasteiger partial charge in [0.2, 0.25) is 0 Å². The number of carbonyl (C=O) groups excluding carboxylic acids is 1. The van der Waals surface area contributed by atoms with Crippen LogP contribution >= 0.6 is 0 Å². The number of carbonyl (C=O) groups is 1. The Morgan fingerprint density at radius 1 is 1.04 bits per heavy atom. The second-order valence-electron chi connectivity index (χ2n) is 7.48. The molecule has 2 amide bonds. The SMILES string of the molecule is O=C(Nc1ccc(Oc2ncccn2)cc1)N(CC1CCCCC1)C1CC1. The van der Waals surface area contributed by atoms with E-state index < -0.39 is 0 Å². The van der Waals surface area contributed by atoms with Crippen molar-refractivity contribution >= 4 is 11.7 Å². The topological polar surface area (TPSA) is 67.3 Å². The number of nitrogens with one attached hydrogen (secondary N) is 1. The first-order valence-electron chi connectivity index (χ1n) is 9.90. The van der Waals surface area contributed by atoms with Gasteiger partial charge in [-0.05, 0) is 61.9 Å². The monoisotopic (exact) mass is 366 g/mol. The summed E-state index contributed by atoms with van der Waals surface area (Å²) in [6.07, 6.45) is 12.0. The fourth-order valence-corrected chi connectivity index (χ4v) is 3.68. The van der Waals surface area contributed by atoms with Gasteiger partial charge in [0.1, 0.15) is 5.75 Å². The Balaban J connectivity index is 1.34. The van der Waals surface area contributed by atoms with Crippen LogP contribution < -0.4 is 10.1 Å². The average molecular weight is 366 g/mol. The van der Waals surface area contributed by atoms with Crippen molar-refractivity contribution in [1.29, 1.82) is 0 Å². The molecule has 0 aliphatic heterocycles. The zero-order chi connectivity index (χ0) is 18.5. The van der Waals surface area contributed by atoms with E-state index in [0.29, 0.717) is 23.7 Å². The minimum absolute atomic E-state index is 0.0168. The first-order chi connectivity index (χ1) is 13.3. The van der Waals surface area contributed by atoms with E-state index in [-0.39, 0.29) is 6.03 Å². The van der Waals surface area contributed by atoms with Crippen molar-refractivity contribution < 1.29 is 9.53 Å². The van der Waals surface area contributed by atoms with Crippen molar-refractivity contribution in [2.24, 2.45) is 5.92 Å². The van der Waals surface area contributed by atoms with E-state index in [0.717, 1.165) is 25.1 Å². The normalized spacial score (nSPS) is 17.3. The minimum Gasteiger partial charge on any atom is -0.424 e. The van der Waals surface area contributed by atoms with Crippen molar-refractivity contribution in [2.45, 2.75) is 51.0 Å². The van der Waals surface area contributed by atoms with E-state index in [1.807, 2.05) is 24.3 Å². The van der Waals surface area contributed by atoms with Crippen LogP contribution in [0.5, 0.6) is 11.8 Å². The molecule has 0 unspecified atom stereocenters. The summed E-state index contributed by atoms with van der Waals surface area (Å²) in [7, 11) is 0. The largest absolute Gasteiger partial charge is 0.424 e. The van der Waals surface area contributed by atoms with Gasteiger partial charge in [0.25, 0.3) is 0 Å². The standard InChI is InChI=1S/C21H26N4O2/c26-21(25(18-9-10-18)15-16-5-2-1-3-6-16)24-17-7-11-19(12-8-17)27-20-22-13-4-14-23-20/h4,7-8,11-14,16,18H,1-3,5-6,9-10,15H2,(H,24,26). The van der Waals surface area contributed by atoms with E-state index in [2.05, 4.69) is 20.2 Å². The zero-order valence-corrected chi connectivity index (χ0v) is 15.5. The predicted molar refractivity (Wildman–Crippen MR) is 104 cm³/mol. The summed E-state index contributed by atoms with van der Waals surface area (Å²) in [6.45, 7) is 0.892. The van der Waals surface area contributed by atoms with Gasteiger partial charge in [-0.15, -0.1) is 0 Å². The van der Waals surface area contributed by atoms with Crippen molar-refractivity contribution in [1.82, 2.24) is 14.9 Å². The number of hydrogen-bond donors (Lipinski definition) is 1. The molecule has 2 aromatic rings. The molecule has 142 valence electrons. The first kappa shape index (κ1) is 17.8. The fourth-order valence-electron chi connectivity index (χ4n) is 3.68. The Morgan fingerprint density at radius 2 is 1.74 bits per heavy atom. The van der Waals surface area contributed by atoms with Gasteiger partial charge in [-0.25, -0.2) is 14.8 Å². The molecule has 2 aliphatic rings. The molecule has 4 rings (SSSR count). The van der Waals surface area contributed by atoms with Crippen LogP contribution in [0.1, 0.15) is 44.9 Å². The Hall–Kier alpha value is -2.63. The molecule has 0 saturated heterocycles. The molecule has 0 bridgehead atoms. The summed E-state index contributed by atoms with van der Waals surface area (Å²) >= 11 is 0. The molecule has 2 fully saturated rings. The number of anilines is 1. The fraction of sp³-hybridized carbons (Fsp3) is 0.476. The molecular weight excluding hydrogens is 340 g/mol. The molecule has 1 aromatic heterocycles. The average Bonchev–Trinajstić information content (AvgIpc) is 3.54.